The van der Waals surface area contributed by atoms with E-state index in [-0.39, 0.29) is 0 Å². The molecular formula is C10H14O. The number of hydrogen-bond donors (Lipinski definition) is 1. The standard InChI is InChI=1S/C10H14O/c1-6-7(2)9(4)10(5-11)8(6)3/h5,11H,1-4H3. The molecule has 0 amide bonds. The van der Waals surface area contributed by atoms with Crippen molar-refractivity contribution in [3.05, 3.63) is 34.1 Å². The van der Waals surface area contributed by atoms with Crippen molar-refractivity contribution in [1.29, 1.82) is 0 Å². The molecule has 0 atom stereocenters. The Bertz CT molecular complexity index is 251. The van der Waals surface area contributed by atoms with Gasteiger partial charge >= 0.3 is 0 Å². The van der Waals surface area contributed by atoms with Gasteiger partial charge in [-0.3, -0.25) is 0 Å². The van der Waals surface area contributed by atoms with Crippen LogP contribution in [0.15, 0.2) is 34.1 Å². The monoisotopic (exact) mass is 150 g/mol. The lowest BCUT2D eigenvalue weighted by molar-refractivity contribution is 0.469. The highest BCUT2D eigenvalue weighted by Crippen LogP contribution is 2.35. The van der Waals surface area contributed by atoms with Gasteiger partial charge in [-0.05, 0) is 50.0 Å². The van der Waals surface area contributed by atoms with Gasteiger partial charge in [0.1, 0.15) is 0 Å². The van der Waals surface area contributed by atoms with Gasteiger partial charge in [0.25, 0.3) is 0 Å². The first kappa shape index (κ1) is 8.12. The van der Waals surface area contributed by atoms with Gasteiger partial charge < -0.3 is 5.11 Å². The second-order valence-corrected chi connectivity index (χ2v) is 3.04. The van der Waals surface area contributed by atoms with E-state index in [9.17, 15) is 0 Å². The number of aliphatic hydroxyl groups excluding tert-OH is 1. The fourth-order valence-electron chi connectivity index (χ4n) is 1.44. The molecule has 0 fully saturated rings. The smallest absolute Gasteiger partial charge is 0.0869 e. The third kappa shape index (κ3) is 1.01. The lowest BCUT2D eigenvalue weighted by Gasteiger charge is -1.98. The van der Waals surface area contributed by atoms with Crippen LogP contribution in [0, 0.1) is 0 Å². The Hall–Kier alpha value is -0.980. The zero-order valence-corrected chi connectivity index (χ0v) is 7.52. The van der Waals surface area contributed by atoms with E-state index < -0.39 is 0 Å². The molecule has 1 aliphatic rings. The SMILES string of the molecule is CC1=C(C)C(C)=C(C)C1=CO. The Morgan fingerprint density at radius 1 is 0.818 bits per heavy atom. The summed E-state index contributed by atoms with van der Waals surface area (Å²) in [6, 6.07) is 0. The fourth-order valence-corrected chi connectivity index (χ4v) is 1.44. The van der Waals surface area contributed by atoms with E-state index >= 15 is 0 Å². The van der Waals surface area contributed by atoms with E-state index in [1.54, 1.807) is 0 Å². The van der Waals surface area contributed by atoms with Gasteiger partial charge in [-0.2, -0.15) is 0 Å². The maximum Gasteiger partial charge on any atom is 0.0869 e. The number of rotatable bonds is 0. The van der Waals surface area contributed by atoms with E-state index in [0.717, 1.165) is 5.57 Å². The van der Waals surface area contributed by atoms with Crippen LogP contribution < -0.4 is 0 Å². The Morgan fingerprint density at radius 3 is 1.36 bits per heavy atom. The lowest BCUT2D eigenvalue weighted by atomic mass is 10.1. The van der Waals surface area contributed by atoms with Crippen LogP contribution in [-0.4, -0.2) is 5.11 Å². The molecule has 0 bridgehead atoms. The van der Waals surface area contributed by atoms with Crippen molar-refractivity contribution in [2.45, 2.75) is 27.7 Å². The number of aliphatic hydroxyl groups is 1. The van der Waals surface area contributed by atoms with Gasteiger partial charge in [-0.1, -0.05) is 0 Å². The van der Waals surface area contributed by atoms with Crippen LogP contribution in [0.1, 0.15) is 27.7 Å². The molecule has 1 nitrogen and oxygen atoms in total. The largest absolute Gasteiger partial charge is 0.515 e. The summed E-state index contributed by atoms with van der Waals surface area (Å²) in [5, 5.41) is 8.91. The summed E-state index contributed by atoms with van der Waals surface area (Å²) in [6.45, 7) is 8.25. The Labute approximate surface area is 67.7 Å². The summed E-state index contributed by atoms with van der Waals surface area (Å²) >= 11 is 0. The maximum absolute atomic E-state index is 8.91. The minimum absolute atomic E-state index is 0.986. The van der Waals surface area contributed by atoms with Crippen molar-refractivity contribution < 1.29 is 5.11 Å². The average Bonchev–Trinajstić information content (AvgIpc) is 2.17. The molecule has 0 saturated carbocycles. The van der Waals surface area contributed by atoms with Crippen molar-refractivity contribution in [2.24, 2.45) is 0 Å². The highest BCUT2D eigenvalue weighted by Gasteiger charge is 2.17. The van der Waals surface area contributed by atoms with Crippen LogP contribution in [0.25, 0.3) is 0 Å². The molecule has 11 heavy (non-hydrogen) atoms. The van der Waals surface area contributed by atoms with Gasteiger partial charge in [-0.25, -0.2) is 0 Å². The highest BCUT2D eigenvalue weighted by atomic mass is 16.2. The molecule has 1 aliphatic carbocycles. The van der Waals surface area contributed by atoms with E-state index in [4.69, 9.17) is 5.11 Å². The molecule has 1 N–H and O–H groups in total. The zero-order chi connectivity index (χ0) is 8.59. The van der Waals surface area contributed by atoms with Crippen molar-refractivity contribution >= 4 is 0 Å². The third-order valence-electron chi connectivity index (χ3n) is 2.62. The maximum atomic E-state index is 8.91. The Balaban J connectivity index is 3.26. The minimum Gasteiger partial charge on any atom is -0.515 e. The lowest BCUT2D eigenvalue weighted by Crippen LogP contribution is -1.81. The molecule has 0 saturated heterocycles. The second kappa shape index (κ2) is 2.57. The second-order valence-electron chi connectivity index (χ2n) is 3.04. The zero-order valence-electron chi connectivity index (χ0n) is 7.52. The summed E-state index contributed by atoms with van der Waals surface area (Å²) in [5.74, 6) is 0. The summed E-state index contributed by atoms with van der Waals surface area (Å²) in [4.78, 5) is 0. The van der Waals surface area contributed by atoms with Crippen molar-refractivity contribution in [3.63, 3.8) is 0 Å². The van der Waals surface area contributed by atoms with Gasteiger partial charge in [0.15, 0.2) is 0 Å². The Morgan fingerprint density at radius 2 is 1.18 bits per heavy atom. The molecule has 0 heterocycles. The van der Waals surface area contributed by atoms with Gasteiger partial charge in [0, 0.05) is 5.57 Å². The van der Waals surface area contributed by atoms with Gasteiger partial charge in [0.05, 0.1) is 6.26 Å². The number of hydrogen-bond acceptors (Lipinski definition) is 1. The van der Waals surface area contributed by atoms with Crippen molar-refractivity contribution in [3.8, 4) is 0 Å². The highest BCUT2D eigenvalue weighted by molar-refractivity contribution is 5.60. The fraction of sp³-hybridized carbons (Fsp3) is 0.400. The molecule has 0 spiro atoms. The quantitative estimate of drug-likeness (QED) is 0.526. The average molecular weight is 150 g/mol. The topological polar surface area (TPSA) is 20.2 Å². The third-order valence-corrected chi connectivity index (χ3v) is 2.62. The predicted octanol–water partition coefficient (Wildman–Crippen LogP) is 3.11. The molecule has 1 rings (SSSR count). The normalized spacial score (nSPS) is 18.4. The molecule has 0 aromatic heterocycles. The first-order valence-electron chi connectivity index (χ1n) is 3.80. The molecule has 0 aliphatic heterocycles. The van der Waals surface area contributed by atoms with Crippen molar-refractivity contribution in [2.75, 3.05) is 0 Å². The molecular weight excluding hydrogens is 136 g/mol. The summed E-state index contributed by atoms with van der Waals surface area (Å²) in [6.07, 6.45) is 1.20. The summed E-state index contributed by atoms with van der Waals surface area (Å²) in [5.41, 5.74) is 5.97. The Kier molecular flexibility index (Phi) is 1.90. The molecule has 1 heteroatoms. The molecule has 0 unspecified atom stereocenters. The van der Waals surface area contributed by atoms with E-state index in [2.05, 4.69) is 13.8 Å². The molecule has 0 radical (unpaired) electrons. The van der Waals surface area contributed by atoms with E-state index in [1.807, 2.05) is 13.8 Å². The molecule has 60 valence electrons. The van der Waals surface area contributed by atoms with E-state index in [0.29, 0.717) is 0 Å². The summed E-state index contributed by atoms with van der Waals surface area (Å²) < 4.78 is 0. The van der Waals surface area contributed by atoms with Crippen LogP contribution in [-0.2, 0) is 0 Å². The van der Waals surface area contributed by atoms with Crippen LogP contribution in [0.5, 0.6) is 0 Å². The van der Waals surface area contributed by atoms with Gasteiger partial charge in [-0.15, -0.1) is 0 Å². The first-order chi connectivity index (χ1) is 5.09. The molecule has 0 aromatic carbocycles. The van der Waals surface area contributed by atoms with E-state index in [1.165, 1.54) is 28.6 Å². The van der Waals surface area contributed by atoms with Crippen molar-refractivity contribution in [1.82, 2.24) is 0 Å². The van der Waals surface area contributed by atoms with Gasteiger partial charge in [0.2, 0.25) is 0 Å². The summed E-state index contributed by atoms with van der Waals surface area (Å²) in [7, 11) is 0. The predicted molar refractivity (Wildman–Crippen MR) is 47.5 cm³/mol. The van der Waals surface area contributed by atoms with Crippen LogP contribution >= 0.6 is 0 Å². The molecule has 0 aromatic rings. The minimum atomic E-state index is 0.986. The first-order valence-corrected chi connectivity index (χ1v) is 3.80. The number of allylic oxidation sites excluding steroid dienone is 5. The van der Waals surface area contributed by atoms with Crippen LogP contribution in [0.4, 0.5) is 0 Å². The van der Waals surface area contributed by atoms with Crippen LogP contribution in [0.2, 0.25) is 0 Å². The van der Waals surface area contributed by atoms with Crippen LogP contribution in [0.3, 0.4) is 0 Å².